The second-order valence-corrected chi connectivity index (χ2v) is 2.34. The second-order valence-electron chi connectivity index (χ2n) is 2.34. The van der Waals surface area contributed by atoms with Crippen molar-refractivity contribution in [3.8, 4) is 5.75 Å². The molecule has 66 valence electrons. The molecule has 0 aliphatic carbocycles. The summed E-state index contributed by atoms with van der Waals surface area (Å²) in [5.41, 5.74) is 3.35. The van der Waals surface area contributed by atoms with Crippen LogP contribution in [0.3, 0.4) is 0 Å². The van der Waals surface area contributed by atoms with Gasteiger partial charge in [-0.05, 0) is 0 Å². The molecule has 1 aromatic carbocycles. The maximum Gasteiger partial charge on any atom is 0.271 e. The number of nitrogens with zero attached hydrogens (tertiary/aromatic N) is 1. The molecule has 0 spiro atoms. The minimum Gasteiger partial charge on any atom is -0.502 e. The average Bonchev–Trinajstić information content (AvgIpc) is 2.05. The molecule has 6 nitrogen and oxygen atoms in total. The van der Waals surface area contributed by atoms with Crippen molar-refractivity contribution in [1.82, 2.24) is 0 Å². The molecule has 1 aromatic rings. The molecule has 0 saturated carbocycles. The summed E-state index contributed by atoms with van der Waals surface area (Å²) in [6, 6.07) is 0. The standard InChI is InChI=1S/C6H9N3O3/c7-1-2-9(8)3-4(10)6(12)5(3)11/h10H,1-2,7-8H2. The van der Waals surface area contributed by atoms with Crippen molar-refractivity contribution in [2.75, 3.05) is 18.1 Å². The van der Waals surface area contributed by atoms with Gasteiger partial charge in [0, 0.05) is 13.1 Å². The minimum atomic E-state index is -0.891. The smallest absolute Gasteiger partial charge is 0.271 e. The molecule has 0 amide bonds. The van der Waals surface area contributed by atoms with Crippen molar-refractivity contribution >= 4 is 5.69 Å². The molecule has 0 fully saturated rings. The van der Waals surface area contributed by atoms with E-state index >= 15 is 0 Å². The van der Waals surface area contributed by atoms with Crippen molar-refractivity contribution < 1.29 is 5.11 Å². The van der Waals surface area contributed by atoms with Crippen LogP contribution >= 0.6 is 0 Å². The monoisotopic (exact) mass is 171 g/mol. The Bertz CT molecular complexity index is 353. The van der Waals surface area contributed by atoms with Gasteiger partial charge in [0.05, 0.1) is 0 Å². The topological polar surface area (TPSA) is 110 Å². The number of rotatable bonds is 3. The molecule has 0 heterocycles. The molecule has 0 aliphatic rings. The van der Waals surface area contributed by atoms with E-state index in [2.05, 4.69) is 0 Å². The average molecular weight is 171 g/mol. The molecule has 0 radical (unpaired) electrons. The van der Waals surface area contributed by atoms with E-state index in [0.717, 1.165) is 5.01 Å². The van der Waals surface area contributed by atoms with E-state index in [9.17, 15) is 9.59 Å². The van der Waals surface area contributed by atoms with Gasteiger partial charge in [-0.25, -0.2) is 5.84 Å². The number of hydrogen-bond donors (Lipinski definition) is 3. The van der Waals surface area contributed by atoms with Crippen LogP contribution in [0.1, 0.15) is 0 Å². The summed E-state index contributed by atoms with van der Waals surface area (Å²) in [6.07, 6.45) is 0. The molecule has 0 unspecified atom stereocenters. The van der Waals surface area contributed by atoms with E-state index < -0.39 is 16.6 Å². The fourth-order valence-electron chi connectivity index (χ4n) is 0.885. The second kappa shape index (κ2) is 2.92. The predicted molar refractivity (Wildman–Crippen MR) is 43.6 cm³/mol. The van der Waals surface area contributed by atoms with Gasteiger partial charge in [0.15, 0.2) is 11.4 Å². The molecule has 1 rings (SSSR count). The number of hydrazine groups is 1. The zero-order valence-electron chi connectivity index (χ0n) is 6.28. The fraction of sp³-hybridized carbons (Fsp3) is 0.333. The first-order valence-corrected chi connectivity index (χ1v) is 3.34. The zero-order chi connectivity index (χ0) is 9.30. The molecule has 0 bridgehead atoms. The van der Waals surface area contributed by atoms with E-state index in [1.54, 1.807) is 0 Å². The van der Waals surface area contributed by atoms with Gasteiger partial charge < -0.3 is 15.8 Å². The molecule has 12 heavy (non-hydrogen) atoms. The van der Waals surface area contributed by atoms with Crippen molar-refractivity contribution in [1.29, 1.82) is 0 Å². The first-order chi connectivity index (χ1) is 5.59. The number of hydrogen-bond acceptors (Lipinski definition) is 6. The van der Waals surface area contributed by atoms with E-state index in [1.807, 2.05) is 0 Å². The molecular formula is C6H9N3O3. The van der Waals surface area contributed by atoms with Crippen LogP contribution in [0.2, 0.25) is 0 Å². The molecular weight excluding hydrogens is 162 g/mol. The largest absolute Gasteiger partial charge is 0.502 e. The van der Waals surface area contributed by atoms with Crippen LogP contribution in [0.25, 0.3) is 0 Å². The van der Waals surface area contributed by atoms with Crippen LogP contribution in [0.5, 0.6) is 5.75 Å². The van der Waals surface area contributed by atoms with Crippen LogP contribution in [-0.2, 0) is 0 Å². The molecule has 6 heteroatoms. The lowest BCUT2D eigenvalue weighted by Crippen LogP contribution is -2.45. The number of anilines is 1. The highest BCUT2D eigenvalue weighted by atomic mass is 16.3. The third kappa shape index (κ3) is 1.06. The van der Waals surface area contributed by atoms with Gasteiger partial charge in [-0.3, -0.25) is 9.59 Å². The summed E-state index contributed by atoms with van der Waals surface area (Å²) in [4.78, 5) is 21.3. The van der Waals surface area contributed by atoms with Gasteiger partial charge in [0.2, 0.25) is 0 Å². The van der Waals surface area contributed by atoms with Gasteiger partial charge >= 0.3 is 0 Å². The zero-order valence-corrected chi connectivity index (χ0v) is 6.28. The Kier molecular flexibility index (Phi) is 2.11. The predicted octanol–water partition coefficient (Wildman–Crippen LogP) is -2.37. The summed E-state index contributed by atoms with van der Waals surface area (Å²) < 4.78 is 0. The normalized spacial score (nSPS) is 10.5. The third-order valence-electron chi connectivity index (χ3n) is 1.52. The Morgan fingerprint density at radius 2 is 1.92 bits per heavy atom. The lowest BCUT2D eigenvalue weighted by molar-refractivity contribution is 0.461. The summed E-state index contributed by atoms with van der Waals surface area (Å²) in [7, 11) is 0. The maximum atomic E-state index is 10.8. The molecule has 0 atom stereocenters. The quantitative estimate of drug-likeness (QED) is 0.266. The van der Waals surface area contributed by atoms with Crippen molar-refractivity contribution in [2.24, 2.45) is 11.6 Å². The van der Waals surface area contributed by atoms with Crippen LogP contribution < -0.4 is 27.4 Å². The summed E-state index contributed by atoms with van der Waals surface area (Å²) >= 11 is 0. The Morgan fingerprint density at radius 1 is 1.33 bits per heavy atom. The Morgan fingerprint density at radius 3 is 2.33 bits per heavy atom. The summed E-state index contributed by atoms with van der Waals surface area (Å²) in [5.74, 6) is 4.72. The van der Waals surface area contributed by atoms with Crippen LogP contribution in [0.4, 0.5) is 5.69 Å². The SMILES string of the molecule is NCCN(N)c1c(O)c(=O)c1=O. The Hall–Kier alpha value is -1.40. The lowest BCUT2D eigenvalue weighted by atomic mass is 10.2. The van der Waals surface area contributed by atoms with E-state index in [4.69, 9.17) is 16.7 Å². The Labute approximate surface area is 67.7 Å². The molecule has 0 aromatic heterocycles. The summed E-state index contributed by atoms with van der Waals surface area (Å²) in [5, 5.41) is 9.86. The highest BCUT2D eigenvalue weighted by Crippen LogP contribution is 2.16. The highest BCUT2D eigenvalue weighted by molar-refractivity contribution is 5.61. The van der Waals surface area contributed by atoms with Crippen LogP contribution in [0, 0.1) is 0 Å². The van der Waals surface area contributed by atoms with E-state index in [0.29, 0.717) is 0 Å². The van der Waals surface area contributed by atoms with Crippen LogP contribution in [0.15, 0.2) is 9.59 Å². The van der Waals surface area contributed by atoms with Crippen molar-refractivity contribution in [3.63, 3.8) is 0 Å². The third-order valence-corrected chi connectivity index (χ3v) is 1.52. The lowest BCUT2D eigenvalue weighted by Gasteiger charge is -2.18. The van der Waals surface area contributed by atoms with Gasteiger partial charge in [-0.2, -0.15) is 0 Å². The summed E-state index contributed by atoms with van der Waals surface area (Å²) in [6.45, 7) is 0.465. The first kappa shape index (κ1) is 8.69. The van der Waals surface area contributed by atoms with Gasteiger partial charge in [-0.15, -0.1) is 0 Å². The van der Waals surface area contributed by atoms with Crippen LogP contribution in [-0.4, -0.2) is 18.2 Å². The minimum absolute atomic E-state index is 0.148. The Balaban J connectivity index is 2.91. The molecule has 0 saturated heterocycles. The fourth-order valence-corrected chi connectivity index (χ4v) is 0.885. The molecule has 0 aliphatic heterocycles. The highest BCUT2D eigenvalue weighted by Gasteiger charge is 2.23. The van der Waals surface area contributed by atoms with Crippen molar-refractivity contribution in [2.45, 2.75) is 0 Å². The van der Waals surface area contributed by atoms with E-state index in [1.165, 1.54) is 0 Å². The van der Waals surface area contributed by atoms with Gasteiger partial charge in [0.25, 0.3) is 10.9 Å². The number of aromatic hydroxyl groups is 1. The number of nitrogens with two attached hydrogens (primary N) is 2. The van der Waals surface area contributed by atoms with Gasteiger partial charge in [-0.1, -0.05) is 0 Å². The van der Waals surface area contributed by atoms with Crippen molar-refractivity contribution in [3.05, 3.63) is 20.4 Å². The van der Waals surface area contributed by atoms with E-state index in [-0.39, 0.29) is 18.8 Å². The van der Waals surface area contributed by atoms with Gasteiger partial charge in [0.1, 0.15) is 0 Å². The molecule has 5 N–H and O–H groups in total. The first-order valence-electron chi connectivity index (χ1n) is 3.34. The maximum absolute atomic E-state index is 10.8.